The molecule has 1 saturated heterocycles. The van der Waals surface area contributed by atoms with Crippen molar-refractivity contribution in [2.75, 3.05) is 11.4 Å². The van der Waals surface area contributed by atoms with Crippen LogP contribution in [0.2, 0.25) is 0 Å². The first-order valence-corrected chi connectivity index (χ1v) is 9.52. The van der Waals surface area contributed by atoms with Crippen molar-refractivity contribution in [2.45, 2.75) is 26.8 Å². The molecule has 1 N–H and O–H groups in total. The number of thiophene rings is 1. The Bertz CT molecular complexity index is 787. The second-order valence-electron chi connectivity index (χ2n) is 6.05. The van der Waals surface area contributed by atoms with Crippen molar-refractivity contribution in [3.63, 3.8) is 0 Å². The molecule has 1 aliphatic rings. The average Bonchev–Trinajstić information content (AvgIpc) is 3.14. The van der Waals surface area contributed by atoms with Gasteiger partial charge in [0.05, 0.1) is 6.54 Å². The summed E-state index contributed by atoms with van der Waals surface area (Å²) >= 11 is 4.97. The zero-order chi connectivity index (χ0) is 17.3. The number of anilines is 1. The molecule has 0 radical (unpaired) electrons. The molecule has 1 unspecified atom stereocenters. The van der Waals surface area contributed by atoms with Gasteiger partial charge in [0.25, 0.3) is 0 Å². The van der Waals surface area contributed by atoms with E-state index in [4.69, 9.17) is 0 Å². The third-order valence-electron chi connectivity index (χ3n) is 4.38. The number of amides is 2. The summed E-state index contributed by atoms with van der Waals surface area (Å²) in [7, 11) is 0. The highest BCUT2D eigenvalue weighted by Crippen LogP contribution is 2.27. The highest BCUT2D eigenvalue weighted by atomic mass is 79.9. The molecule has 2 amide bonds. The summed E-state index contributed by atoms with van der Waals surface area (Å²) in [5, 5.41) is 4.86. The molecule has 4 nitrogen and oxygen atoms in total. The minimum Gasteiger partial charge on any atom is -0.351 e. The first-order chi connectivity index (χ1) is 11.5. The van der Waals surface area contributed by atoms with Gasteiger partial charge in [0.1, 0.15) is 5.92 Å². The van der Waals surface area contributed by atoms with Gasteiger partial charge in [-0.3, -0.25) is 9.59 Å². The van der Waals surface area contributed by atoms with Crippen molar-refractivity contribution < 1.29 is 9.59 Å². The van der Waals surface area contributed by atoms with Crippen LogP contribution in [0.3, 0.4) is 0 Å². The number of aryl methyl sites for hydroxylation is 2. The van der Waals surface area contributed by atoms with Crippen LogP contribution in [0.1, 0.15) is 22.4 Å². The van der Waals surface area contributed by atoms with Gasteiger partial charge < -0.3 is 10.2 Å². The van der Waals surface area contributed by atoms with E-state index in [1.807, 2.05) is 43.5 Å². The molecule has 0 saturated carbocycles. The fraction of sp³-hybridized carbons (Fsp3) is 0.333. The molecule has 1 atom stereocenters. The Morgan fingerprint density at radius 3 is 2.79 bits per heavy atom. The van der Waals surface area contributed by atoms with Gasteiger partial charge in [-0.25, -0.2) is 0 Å². The van der Waals surface area contributed by atoms with Gasteiger partial charge in [0, 0.05) is 27.0 Å². The van der Waals surface area contributed by atoms with E-state index in [0.717, 1.165) is 20.6 Å². The number of nitrogens with zero attached hydrogens (tertiary/aromatic N) is 1. The van der Waals surface area contributed by atoms with Crippen LogP contribution in [0.15, 0.2) is 34.1 Å². The number of rotatable bonds is 4. The summed E-state index contributed by atoms with van der Waals surface area (Å²) in [6, 6.07) is 7.95. The van der Waals surface area contributed by atoms with E-state index in [0.29, 0.717) is 19.5 Å². The predicted molar refractivity (Wildman–Crippen MR) is 100 cm³/mol. The summed E-state index contributed by atoms with van der Waals surface area (Å²) < 4.78 is 1.01. The van der Waals surface area contributed by atoms with Crippen molar-refractivity contribution in [3.05, 3.63) is 50.1 Å². The summed E-state index contributed by atoms with van der Waals surface area (Å²) in [6.07, 6.45) is 0.561. The maximum Gasteiger partial charge on any atom is 0.239 e. The first kappa shape index (κ1) is 17.2. The van der Waals surface area contributed by atoms with Crippen LogP contribution in [0.25, 0.3) is 0 Å². The fourth-order valence-corrected chi connectivity index (χ4v) is 4.21. The number of nitrogens with one attached hydrogen (secondary N) is 1. The topological polar surface area (TPSA) is 49.4 Å². The maximum atomic E-state index is 12.6. The third-order valence-corrected chi connectivity index (χ3v) is 6.08. The Morgan fingerprint density at radius 1 is 1.33 bits per heavy atom. The molecule has 1 aliphatic heterocycles. The van der Waals surface area contributed by atoms with Gasteiger partial charge in [-0.1, -0.05) is 6.07 Å². The highest BCUT2D eigenvalue weighted by Gasteiger charge is 2.37. The van der Waals surface area contributed by atoms with Gasteiger partial charge in [-0.2, -0.15) is 0 Å². The number of carbonyl (C=O) groups is 2. The molecule has 2 aromatic rings. The first-order valence-electron chi connectivity index (χ1n) is 7.85. The predicted octanol–water partition coefficient (Wildman–Crippen LogP) is 3.80. The van der Waals surface area contributed by atoms with E-state index in [-0.39, 0.29) is 11.8 Å². The smallest absolute Gasteiger partial charge is 0.239 e. The lowest BCUT2D eigenvalue weighted by Crippen LogP contribution is -2.36. The Morgan fingerprint density at radius 2 is 2.12 bits per heavy atom. The molecular weight excluding hydrogens is 388 g/mol. The third kappa shape index (κ3) is 3.54. The van der Waals surface area contributed by atoms with E-state index in [2.05, 4.69) is 21.2 Å². The van der Waals surface area contributed by atoms with Crippen LogP contribution >= 0.6 is 27.3 Å². The zero-order valence-electron chi connectivity index (χ0n) is 13.6. The fourth-order valence-electron chi connectivity index (χ4n) is 2.82. The maximum absolute atomic E-state index is 12.6. The lowest BCUT2D eigenvalue weighted by molar-refractivity contribution is -0.132. The molecular formula is C18H19BrN2O2S. The van der Waals surface area contributed by atoms with Gasteiger partial charge in [-0.15, -0.1) is 11.3 Å². The van der Waals surface area contributed by atoms with E-state index in [1.165, 1.54) is 5.56 Å². The molecule has 3 rings (SSSR count). The van der Waals surface area contributed by atoms with Crippen LogP contribution in [-0.2, 0) is 16.1 Å². The van der Waals surface area contributed by atoms with Crippen LogP contribution in [0, 0.1) is 19.8 Å². The number of hydrogen-bond donors (Lipinski definition) is 1. The summed E-state index contributed by atoms with van der Waals surface area (Å²) in [5.74, 6) is -0.881. The zero-order valence-corrected chi connectivity index (χ0v) is 16.0. The normalized spacial score (nSPS) is 17.4. The molecule has 0 spiro atoms. The number of benzene rings is 1. The monoisotopic (exact) mass is 406 g/mol. The van der Waals surface area contributed by atoms with Crippen molar-refractivity contribution in [2.24, 2.45) is 5.92 Å². The molecule has 1 fully saturated rings. The standard InChI is InChI=1S/C18H19BrN2O2S/c1-11-3-4-14(7-12(11)2)21-6-5-16(18(21)23)17(22)20-9-15-8-13(19)10-24-15/h3-4,7-8,10,16H,5-6,9H2,1-2H3,(H,20,22). The van der Waals surface area contributed by atoms with Gasteiger partial charge in [-0.05, 0) is 65.5 Å². The second kappa shape index (κ2) is 7.07. The molecule has 2 heterocycles. The van der Waals surface area contributed by atoms with Crippen LogP contribution in [0.5, 0.6) is 0 Å². The molecule has 1 aromatic carbocycles. The average molecular weight is 407 g/mol. The highest BCUT2D eigenvalue weighted by molar-refractivity contribution is 9.10. The second-order valence-corrected chi connectivity index (χ2v) is 7.96. The SMILES string of the molecule is Cc1ccc(N2CCC(C(=O)NCc3cc(Br)cs3)C2=O)cc1C. The molecule has 126 valence electrons. The summed E-state index contributed by atoms with van der Waals surface area (Å²) in [4.78, 5) is 27.8. The Hall–Kier alpha value is -1.66. The largest absolute Gasteiger partial charge is 0.351 e. The van der Waals surface area contributed by atoms with E-state index >= 15 is 0 Å². The Labute approximate surface area is 154 Å². The van der Waals surface area contributed by atoms with Crippen molar-refractivity contribution >= 4 is 44.8 Å². The molecule has 6 heteroatoms. The lowest BCUT2D eigenvalue weighted by atomic mass is 10.1. The minimum atomic E-state index is -0.588. The molecule has 24 heavy (non-hydrogen) atoms. The summed E-state index contributed by atoms with van der Waals surface area (Å²) in [6.45, 7) is 5.12. The lowest BCUT2D eigenvalue weighted by Gasteiger charge is -2.18. The van der Waals surface area contributed by atoms with Gasteiger partial charge in [0.2, 0.25) is 11.8 Å². The van der Waals surface area contributed by atoms with Crippen LogP contribution < -0.4 is 10.2 Å². The number of carbonyl (C=O) groups excluding carboxylic acids is 2. The van der Waals surface area contributed by atoms with Crippen LogP contribution in [0.4, 0.5) is 5.69 Å². The quantitative estimate of drug-likeness (QED) is 0.784. The van der Waals surface area contributed by atoms with Crippen molar-refractivity contribution in [1.29, 1.82) is 0 Å². The van der Waals surface area contributed by atoms with Crippen molar-refractivity contribution in [1.82, 2.24) is 5.32 Å². The van der Waals surface area contributed by atoms with E-state index < -0.39 is 5.92 Å². The number of hydrogen-bond acceptors (Lipinski definition) is 3. The molecule has 0 aliphatic carbocycles. The minimum absolute atomic E-state index is 0.108. The Kier molecular flexibility index (Phi) is 5.06. The van der Waals surface area contributed by atoms with E-state index in [1.54, 1.807) is 16.2 Å². The number of halogens is 1. The Balaban J connectivity index is 1.64. The molecule has 0 bridgehead atoms. The van der Waals surface area contributed by atoms with Gasteiger partial charge in [0.15, 0.2) is 0 Å². The van der Waals surface area contributed by atoms with E-state index in [9.17, 15) is 9.59 Å². The summed E-state index contributed by atoms with van der Waals surface area (Å²) in [5.41, 5.74) is 3.22. The van der Waals surface area contributed by atoms with Crippen molar-refractivity contribution in [3.8, 4) is 0 Å². The van der Waals surface area contributed by atoms with Gasteiger partial charge >= 0.3 is 0 Å². The van der Waals surface area contributed by atoms with Crippen LogP contribution in [-0.4, -0.2) is 18.4 Å². The molecule has 1 aromatic heterocycles.